The van der Waals surface area contributed by atoms with Crippen LogP contribution in [0.5, 0.6) is 0 Å². The molecule has 2 saturated heterocycles. The molecule has 1 saturated carbocycles. The van der Waals surface area contributed by atoms with E-state index >= 15 is 0 Å². The van der Waals surface area contributed by atoms with E-state index in [4.69, 9.17) is 21.9 Å². The second kappa shape index (κ2) is 10.3. The van der Waals surface area contributed by atoms with Crippen LogP contribution in [-0.4, -0.2) is 63.9 Å². The molecule has 2 aromatic rings. The first-order valence-corrected chi connectivity index (χ1v) is 12.7. The number of pyridine rings is 1. The van der Waals surface area contributed by atoms with E-state index in [9.17, 15) is 0 Å². The molecule has 1 aliphatic carbocycles. The summed E-state index contributed by atoms with van der Waals surface area (Å²) in [6.45, 7) is 5.81. The van der Waals surface area contributed by atoms with Gasteiger partial charge in [-0.1, -0.05) is 25.3 Å². The zero-order valence-corrected chi connectivity index (χ0v) is 19.7. The lowest BCUT2D eigenvalue weighted by molar-refractivity contribution is 0.0365. The maximum absolute atomic E-state index is 5.88. The zero-order chi connectivity index (χ0) is 21.8. The van der Waals surface area contributed by atoms with E-state index in [1.54, 1.807) is 0 Å². The third-order valence-corrected chi connectivity index (χ3v) is 7.61. The van der Waals surface area contributed by atoms with E-state index in [2.05, 4.69) is 50.1 Å². The Balaban J connectivity index is 1.39. The number of aromatic nitrogens is 2. The largest absolute Gasteiger partial charge is 0.379 e. The van der Waals surface area contributed by atoms with Gasteiger partial charge in [0.1, 0.15) is 0 Å². The summed E-state index contributed by atoms with van der Waals surface area (Å²) in [5, 5.41) is 4.48. The van der Waals surface area contributed by atoms with E-state index in [1.165, 1.54) is 37.8 Å². The number of hydrogen-bond acceptors (Lipinski definition) is 4. The average molecular weight is 454 g/mol. The molecular formula is C25H35N5OS. The molecule has 0 unspecified atom stereocenters. The quantitative estimate of drug-likeness (QED) is 0.638. The molecular weight excluding hydrogens is 418 g/mol. The molecule has 0 amide bonds. The molecule has 0 bridgehead atoms. The van der Waals surface area contributed by atoms with Crippen molar-refractivity contribution in [2.24, 2.45) is 0 Å². The van der Waals surface area contributed by atoms with Crippen molar-refractivity contribution in [3.8, 4) is 0 Å². The summed E-state index contributed by atoms with van der Waals surface area (Å²) in [6, 6.07) is 11.5. The van der Waals surface area contributed by atoms with E-state index in [0.29, 0.717) is 6.04 Å². The number of thiocarbonyl (C=S) groups is 1. The summed E-state index contributed by atoms with van der Waals surface area (Å²) in [7, 11) is 0. The van der Waals surface area contributed by atoms with Crippen molar-refractivity contribution >= 4 is 17.3 Å². The van der Waals surface area contributed by atoms with Gasteiger partial charge in [-0.25, -0.2) is 0 Å². The van der Waals surface area contributed by atoms with Gasteiger partial charge >= 0.3 is 0 Å². The van der Waals surface area contributed by atoms with Gasteiger partial charge in [0.05, 0.1) is 31.0 Å². The van der Waals surface area contributed by atoms with Gasteiger partial charge in [0, 0.05) is 50.3 Å². The smallest absolute Gasteiger partial charge is 0.170 e. The molecule has 1 N–H and O–H groups in total. The number of nitrogens with one attached hydrogen (secondary N) is 1. The third kappa shape index (κ3) is 4.70. The summed E-state index contributed by atoms with van der Waals surface area (Å²) < 4.78 is 8.05. The van der Waals surface area contributed by atoms with Crippen molar-refractivity contribution in [2.75, 3.05) is 39.4 Å². The fraction of sp³-hybridized carbons (Fsp3) is 0.600. The Bertz CT molecular complexity index is 875. The van der Waals surface area contributed by atoms with Crippen LogP contribution < -0.4 is 5.32 Å². The van der Waals surface area contributed by atoms with Crippen LogP contribution in [0.25, 0.3) is 0 Å². The minimum absolute atomic E-state index is 0.0735. The Kier molecular flexibility index (Phi) is 7.05. The van der Waals surface area contributed by atoms with Gasteiger partial charge in [0.2, 0.25) is 0 Å². The minimum Gasteiger partial charge on any atom is -0.379 e. The Labute approximate surface area is 196 Å². The number of hydrogen-bond donors (Lipinski definition) is 1. The summed E-state index contributed by atoms with van der Waals surface area (Å²) in [4.78, 5) is 9.63. The Morgan fingerprint density at radius 2 is 1.88 bits per heavy atom. The second-order valence-corrected chi connectivity index (χ2v) is 9.65. The van der Waals surface area contributed by atoms with Crippen LogP contribution in [0.2, 0.25) is 0 Å². The van der Waals surface area contributed by atoms with Gasteiger partial charge in [0.15, 0.2) is 5.11 Å². The van der Waals surface area contributed by atoms with Crippen molar-refractivity contribution in [3.63, 3.8) is 0 Å². The first-order chi connectivity index (χ1) is 15.8. The van der Waals surface area contributed by atoms with Gasteiger partial charge in [0.25, 0.3) is 0 Å². The molecule has 2 aliphatic heterocycles. The molecule has 0 spiro atoms. The van der Waals surface area contributed by atoms with Crippen LogP contribution in [-0.2, 0) is 4.74 Å². The van der Waals surface area contributed by atoms with Crippen molar-refractivity contribution < 1.29 is 4.74 Å². The fourth-order valence-electron chi connectivity index (χ4n) is 5.61. The highest BCUT2D eigenvalue weighted by Crippen LogP contribution is 2.41. The molecule has 0 aromatic carbocycles. The van der Waals surface area contributed by atoms with E-state index < -0.39 is 0 Å². The van der Waals surface area contributed by atoms with Crippen LogP contribution >= 0.6 is 12.2 Å². The summed E-state index contributed by atoms with van der Waals surface area (Å²) >= 11 is 5.88. The number of nitrogens with zero attached hydrogens (tertiary/aromatic N) is 4. The molecule has 2 aromatic heterocycles. The standard InChI is InChI=1S/C25H35N5OS/c32-25-27-23(21-10-4-5-12-26-21)24(30(25)15-7-13-28-16-18-31-19-17-28)22-11-6-14-29(22)20-8-2-1-3-9-20/h4-6,10-12,14,20,23-24H,1-3,7-9,13,15-19H2,(H,27,32)/t23-,24+/m1/s1. The van der Waals surface area contributed by atoms with Crippen LogP contribution in [0, 0.1) is 0 Å². The van der Waals surface area contributed by atoms with Crippen molar-refractivity contribution in [2.45, 2.75) is 56.7 Å². The molecule has 32 heavy (non-hydrogen) atoms. The molecule has 3 aliphatic rings. The molecule has 172 valence electrons. The van der Waals surface area contributed by atoms with Gasteiger partial charge < -0.3 is 19.5 Å². The zero-order valence-electron chi connectivity index (χ0n) is 18.9. The Morgan fingerprint density at radius 3 is 2.66 bits per heavy atom. The predicted molar refractivity (Wildman–Crippen MR) is 131 cm³/mol. The Morgan fingerprint density at radius 1 is 1.03 bits per heavy atom. The molecule has 4 heterocycles. The number of rotatable bonds is 7. The molecule has 2 atom stereocenters. The molecule has 7 heteroatoms. The average Bonchev–Trinajstić information content (AvgIpc) is 3.45. The van der Waals surface area contributed by atoms with E-state index in [-0.39, 0.29) is 12.1 Å². The maximum Gasteiger partial charge on any atom is 0.170 e. The first kappa shape index (κ1) is 21.9. The van der Waals surface area contributed by atoms with E-state index in [1.807, 2.05) is 12.3 Å². The van der Waals surface area contributed by atoms with Gasteiger partial charge in [-0.05, 0) is 55.7 Å². The van der Waals surface area contributed by atoms with Crippen molar-refractivity contribution in [1.29, 1.82) is 0 Å². The monoisotopic (exact) mass is 453 g/mol. The maximum atomic E-state index is 5.88. The lowest BCUT2D eigenvalue weighted by Gasteiger charge is -2.33. The van der Waals surface area contributed by atoms with Crippen molar-refractivity contribution in [1.82, 2.24) is 24.7 Å². The highest BCUT2D eigenvalue weighted by atomic mass is 32.1. The van der Waals surface area contributed by atoms with Crippen LogP contribution in [0.1, 0.15) is 68.0 Å². The lowest BCUT2D eigenvalue weighted by atomic mass is 9.94. The lowest BCUT2D eigenvalue weighted by Crippen LogP contribution is -2.39. The second-order valence-electron chi connectivity index (χ2n) is 9.26. The predicted octanol–water partition coefficient (Wildman–Crippen LogP) is 4.08. The van der Waals surface area contributed by atoms with Crippen LogP contribution in [0.3, 0.4) is 0 Å². The summed E-state index contributed by atoms with van der Waals surface area (Å²) in [5.74, 6) is 0. The summed E-state index contributed by atoms with van der Waals surface area (Å²) in [5.41, 5.74) is 2.43. The topological polar surface area (TPSA) is 45.6 Å². The highest BCUT2D eigenvalue weighted by molar-refractivity contribution is 7.80. The Hall–Kier alpha value is -1.96. The summed E-state index contributed by atoms with van der Waals surface area (Å²) in [6.07, 6.45) is 11.8. The van der Waals surface area contributed by atoms with Gasteiger partial charge in [-0.2, -0.15) is 0 Å². The van der Waals surface area contributed by atoms with E-state index in [0.717, 1.165) is 56.6 Å². The number of morpholine rings is 1. The fourth-order valence-corrected chi connectivity index (χ4v) is 5.94. The van der Waals surface area contributed by atoms with Gasteiger partial charge in [-0.15, -0.1) is 0 Å². The molecule has 5 rings (SSSR count). The van der Waals surface area contributed by atoms with Gasteiger partial charge in [-0.3, -0.25) is 9.88 Å². The highest BCUT2D eigenvalue weighted by Gasteiger charge is 2.41. The number of ether oxygens (including phenoxy) is 1. The third-order valence-electron chi connectivity index (χ3n) is 7.26. The van der Waals surface area contributed by atoms with Crippen LogP contribution in [0.15, 0.2) is 42.7 Å². The molecule has 0 radical (unpaired) electrons. The minimum atomic E-state index is 0.0735. The molecule has 6 nitrogen and oxygen atoms in total. The van der Waals surface area contributed by atoms with Crippen molar-refractivity contribution in [3.05, 3.63) is 54.1 Å². The van der Waals surface area contributed by atoms with Crippen LogP contribution in [0.4, 0.5) is 0 Å². The SMILES string of the molecule is S=C1N[C@H](c2ccccn2)[C@H](c2cccn2C2CCCCC2)N1CCCN1CCOCC1. The molecule has 3 fully saturated rings. The normalized spacial score (nSPS) is 25.2. The first-order valence-electron chi connectivity index (χ1n) is 12.3.